The number of rotatable bonds is 5. The van der Waals surface area contributed by atoms with Gasteiger partial charge in [0.2, 0.25) is 0 Å². The Morgan fingerprint density at radius 2 is 1.91 bits per heavy atom. The fraction of sp³-hybridized carbons (Fsp3) is 1.00. The zero-order valence-electron chi connectivity index (χ0n) is 7.80. The summed E-state index contributed by atoms with van der Waals surface area (Å²) < 4.78 is 0. The first-order valence-electron chi connectivity index (χ1n) is 4.40. The molecule has 2 nitrogen and oxygen atoms in total. The highest BCUT2D eigenvalue weighted by Crippen LogP contribution is 2.18. The second-order valence-electron chi connectivity index (χ2n) is 3.67. The largest absolute Gasteiger partial charge is 0.366 e. The van der Waals surface area contributed by atoms with Gasteiger partial charge in [-0.15, -0.1) is 0 Å². The quantitative estimate of drug-likeness (QED) is 0.603. The Hall–Kier alpha value is -0.0800. The molecule has 0 rings (SSSR count). The smallest absolute Gasteiger partial charge is 0.159 e. The molecule has 11 heavy (non-hydrogen) atoms. The van der Waals surface area contributed by atoms with Crippen molar-refractivity contribution in [3.8, 4) is 0 Å². The van der Waals surface area contributed by atoms with Crippen molar-refractivity contribution in [3.63, 3.8) is 0 Å². The van der Waals surface area contributed by atoms with Gasteiger partial charge in [-0.05, 0) is 12.8 Å². The van der Waals surface area contributed by atoms with Crippen LogP contribution < -0.4 is 0 Å². The van der Waals surface area contributed by atoms with E-state index >= 15 is 0 Å². The zero-order valence-corrected chi connectivity index (χ0v) is 7.80. The Labute approximate surface area is 69.2 Å². The minimum Gasteiger partial charge on any atom is -0.366 e. The van der Waals surface area contributed by atoms with Crippen LogP contribution in [0.1, 0.15) is 46.5 Å². The molecule has 0 aliphatic heterocycles. The SMILES string of the molecule is CCCCC(C)CC(C)(O)O. The number of hydrogen-bond acceptors (Lipinski definition) is 2. The predicted molar refractivity (Wildman–Crippen MR) is 46.1 cm³/mol. The number of hydrogen-bond donors (Lipinski definition) is 2. The van der Waals surface area contributed by atoms with Crippen molar-refractivity contribution in [1.82, 2.24) is 0 Å². The lowest BCUT2D eigenvalue weighted by atomic mass is 9.96. The molecule has 0 aliphatic carbocycles. The van der Waals surface area contributed by atoms with Gasteiger partial charge in [0.25, 0.3) is 0 Å². The number of unbranched alkanes of at least 4 members (excludes halogenated alkanes) is 1. The molecule has 0 bridgehead atoms. The van der Waals surface area contributed by atoms with Gasteiger partial charge < -0.3 is 10.2 Å². The molecule has 0 amide bonds. The molecule has 2 N–H and O–H groups in total. The van der Waals surface area contributed by atoms with Crippen LogP contribution >= 0.6 is 0 Å². The highest BCUT2D eigenvalue weighted by atomic mass is 16.5. The van der Waals surface area contributed by atoms with E-state index < -0.39 is 5.79 Å². The Morgan fingerprint density at radius 1 is 1.36 bits per heavy atom. The monoisotopic (exact) mass is 160 g/mol. The third kappa shape index (κ3) is 7.82. The summed E-state index contributed by atoms with van der Waals surface area (Å²) in [7, 11) is 0. The lowest BCUT2D eigenvalue weighted by Crippen LogP contribution is -2.25. The van der Waals surface area contributed by atoms with E-state index in [4.69, 9.17) is 10.2 Å². The highest BCUT2D eigenvalue weighted by Gasteiger charge is 2.18. The lowest BCUT2D eigenvalue weighted by Gasteiger charge is -2.20. The third-order valence-electron chi connectivity index (χ3n) is 1.79. The first kappa shape index (κ1) is 10.9. The van der Waals surface area contributed by atoms with Crippen LogP contribution in [0.4, 0.5) is 0 Å². The normalized spacial score (nSPS) is 15.0. The van der Waals surface area contributed by atoms with Crippen molar-refractivity contribution in [2.45, 2.75) is 52.2 Å². The van der Waals surface area contributed by atoms with E-state index in [2.05, 4.69) is 13.8 Å². The molecule has 0 spiro atoms. The minimum absolute atomic E-state index is 0.412. The van der Waals surface area contributed by atoms with Crippen molar-refractivity contribution in [2.24, 2.45) is 5.92 Å². The van der Waals surface area contributed by atoms with E-state index in [1.54, 1.807) is 0 Å². The van der Waals surface area contributed by atoms with Gasteiger partial charge in [-0.25, -0.2) is 0 Å². The molecule has 1 unspecified atom stereocenters. The molecular weight excluding hydrogens is 140 g/mol. The summed E-state index contributed by atoms with van der Waals surface area (Å²) in [6.45, 7) is 5.64. The zero-order chi connectivity index (χ0) is 8.91. The van der Waals surface area contributed by atoms with Crippen LogP contribution in [0, 0.1) is 5.92 Å². The van der Waals surface area contributed by atoms with Crippen LogP contribution in [0.15, 0.2) is 0 Å². The van der Waals surface area contributed by atoms with Gasteiger partial charge in [-0.3, -0.25) is 0 Å². The average molecular weight is 160 g/mol. The molecule has 0 aromatic heterocycles. The van der Waals surface area contributed by atoms with Crippen LogP contribution in [0.3, 0.4) is 0 Å². The first-order chi connectivity index (χ1) is 4.95. The van der Waals surface area contributed by atoms with Gasteiger partial charge in [0.05, 0.1) is 0 Å². The molecule has 0 radical (unpaired) electrons. The summed E-state index contributed by atoms with van der Waals surface area (Å²) >= 11 is 0. The molecule has 0 heterocycles. The van der Waals surface area contributed by atoms with Crippen molar-refractivity contribution < 1.29 is 10.2 Å². The third-order valence-corrected chi connectivity index (χ3v) is 1.79. The van der Waals surface area contributed by atoms with Crippen LogP contribution in [0.2, 0.25) is 0 Å². The summed E-state index contributed by atoms with van der Waals surface area (Å²) in [6.07, 6.45) is 3.93. The predicted octanol–water partition coefficient (Wildman–Crippen LogP) is 1.90. The van der Waals surface area contributed by atoms with Crippen LogP contribution in [0.25, 0.3) is 0 Å². The minimum atomic E-state index is -1.48. The maximum atomic E-state index is 9.04. The standard InChI is InChI=1S/C9H20O2/c1-4-5-6-8(2)7-9(3,10)11/h8,10-11H,4-7H2,1-3H3. The van der Waals surface area contributed by atoms with E-state index in [0.29, 0.717) is 12.3 Å². The molecule has 0 aromatic rings. The Kier molecular flexibility index (Phi) is 4.69. The van der Waals surface area contributed by atoms with E-state index in [9.17, 15) is 0 Å². The maximum Gasteiger partial charge on any atom is 0.159 e. The Balaban J connectivity index is 3.44. The molecule has 2 heteroatoms. The van der Waals surface area contributed by atoms with Crippen molar-refractivity contribution in [2.75, 3.05) is 0 Å². The van der Waals surface area contributed by atoms with Crippen LogP contribution in [0.5, 0.6) is 0 Å². The summed E-state index contributed by atoms with van der Waals surface area (Å²) in [5, 5.41) is 18.1. The maximum absolute atomic E-state index is 9.04. The fourth-order valence-electron chi connectivity index (χ4n) is 1.31. The van der Waals surface area contributed by atoms with Gasteiger partial charge in [0.15, 0.2) is 5.79 Å². The topological polar surface area (TPSA) is 40.5 Å². The second kappa shape index (κ2) is 4.73. The molecule has 0 aliphatic rings. The highest BCUT2D eigenvalue weighted by molar-refractivity contribution is 4.62. The van der Waals surface area contributed by atoms with Crippen molar-refractivity contribution >= 4 is 0 Å². The fourth-order valence-corrected chi connectivity index (χ4v) is 1.31. The van der Waals surface area contributed by atoms with Gasteiger partial charge in [-0.1, -0.05) is 33.1 Å². The average Bonchev–Trinajstić information content (AvgIpc) is 1.79. The van der Waals surface area contributed by atoms with E-state index in [1.807, 2.05) is 0 Å². The molecule has 0 saturated carbocycles. The van der Waals surface area contributed by atoms with Crippen LogP contribution in [-0.4, -0.2) is 16.0 Å². The van der Waals surface area contributed by atoms with Crippen molar-refractivity contribution in [1.29, 1.82) is 0 Å². The van der Waals surface area contributed by atoms with Gasteiger partial charge in [0, 0.05) is 6.42 Å². The Morgan fingerprint density at radius 3 is 2.27 bits per heavy atom. The molecule has 68 valence electrons. The van der Waals surface area contributed by atoms with E-state index in [1.165, 1.54) is 19.8 Å². The van der Waals surface area contributed by atoms with Crippen molar-refractivity contribution in [3.05, 3.63) is 0 Å². The van der Waals surface area contributed by atoms with Gasteiger partial charge >= 0.3 is 0 Å². The molecular formula is C9H20O2. The lowest BCUT2D eigenvalue weighted by molar-refractivity contribution is -0.157. The van der Waals surface area contributed by atoms with E-state index in [0.717, 1.165) is 6.42 Å². The second-order valence-corrected chi connectivity index (χ2v) is 3.67. The first-order valence-corrected chi connectivity index (χ1v) is 4.40. The summed E-state index contributed by atoms with van der Waals surface area (Å²) in [6, 6.07) is 0. The van der Waals surface area contributed by atoms with Gasteiger partial charge in [-0.2, -0.15) is 0 Å². The van der Waals surface area contributed by atoms with Crippen LogP contribution in [-0.2, 0) is 0 Å². The summed E-state index contributed by atoms with van der Waals surface area (Å²) in [5.74, 6) is -1.07. The Bertz CT molecular complexity index is 94.2. The van der Waals surface area contributed by atoms with Gasteiger partial charge in [0.1, 0.15) is 0 Å². The molecule has 0 fully saturated rings. The summed E-state index contributed by atoms with van der Waals surface area (Å²) in [4.78, 5) is 0. The molecule has 0 aromatic carbocycles. The molecule has 0 saturated heterocycles. The molecule has 1 atom stereocenters. The summed E-state index contributed by atoms with van der Waals surface area (Å²) in [5.41, 5.74) is 0. The van der Waals surface area contributed by atoms with E-state index in [-0.39, 0.29) is 0 Å². The number of aliphatic hydroxyl groups is 2.